The lowest BCUT2D eigenvalue weighted by Crippen LogP contribution is -2.14. The molecule has 1 rings (SSSR count). The first-order valence-corrected chi connectivity index (χ1v) is 4.88. The number of benzene rings is 1. The number of hydrogen-bond donors (Lipinski definition) is 1. The highest BCUT2D eigenvalue weighted by Crippen LogP contribution is 2.01. The van der Waals surface area contributed by atoms with Crippen LogP contribution in [-0.2, 0) is 16.1 Å². The molecule has 0 N–H and O–H groups in total. The number of thiol groups is 1. The fourth-order valence-electron chi connectivity index (χ4n) is 0.871. The van der Waals surface area contributed by atoms with Crippen molar-refractivity contribution in [3.05, 3.63) is 35.9 Å². The van der Waals surface area contributed by atoms with E-state index in [1.165, 1.54) is 0 Å². The van der Waals surface area contributed by atoms with Crippen LogP contribution in [0, 0.1) is 0 Å². The molecule has 0 atom stereocenters. The Balaban J connectivity index is 2.32. The number of carbonyl (C=O) groups excluding carboxylic acids is 2. The van der Waals surface area contributed by atoms with Gasteiger partial charge in [-0.25, -0.2) is 17.3 Å². The van der Waals surface area contributed by atoms with Crippen LogP contribution in [0.15, 0.2) is 30.3 Å². The quantitative estimate of drug-likeness (QED) is 0.367. The molecule has 0 amide bonds. The summed E-state index contributed by atoms with van der Waals surface area (Å²) < 4.78 is 8.93. The molecule has 0 aliphatic rings. The van der Waals surface area contributed by atoms with Crippen LogP contribution in [-0.4, -0.2) is 18.6 Å². The van der Waals surface area contributed by atoms with Crippen molar-refractivity contribution in [2.24, 2.45) is 0 Å². The first-order valence-electron chi connectivity index (χ1n) is 4.24. The number of carbonyl (C=O) groups is 2. The van der Waals surface area contributed by atoms with E-state index in [-0.39, 0.29) is 13.2 Å². The van der Waals surface area contributed by atoms with Gasteiger partial charge in [-0.1, -0.05) is 30.3 Å². The lowest BCUT2D eigenvalue weighted by molar-refractivity contribution is 0.0772. The average molecular weight is 224 g/mol. The highest BCUT2D eigenvalue weighted by atomic mass is 32.1. The fourth-order valence-corrected chi connectivity index (χ4v) is 0.936. The SMILES string of the molecule is O=C(BS)OC(=O)OCc1ccccc1. The highest BCUT2D eigenvalue weighted by Gasteiger charge is 2.10. The standard InChI is InChI=1S/C9H9BO4S/c11-8(10-15)14-9(12)13-6-7-4-2-1-3-5-7/h1-5,10,15H,6H2. The van der Waals surface area contributed by atoms with Crippen molar-refractivity contribution in [2.45, 2.75) is 6.61 Å². The van der Waals surface area contributed by atoms with Gasteiger partial charge in [0.05, 0.1) is 0 Å². The molecule has 4 nitrogen and oxygen atoms in total. The van der Waals surface area contributed by atoms with E-state index in [1.54, 1.807) is 12.1 Å². The van der Waals surface area contributed by atoms with E-state index in [1.807, 2.05) is 18.2 Å². The van der Waals surface area contributed by atoms with E-state index in [9.17, 15) is 9.59 Å². The van der Waals surface area contributed by atoms with Crippen molar-refractivity contribution in [3.63, 3.8) is 0 Å². The topological polar surface area (TPSA) is 52.6 Å². The van der Waals surface area contributed by atoms with Gasteiger partial charge in [-0.3, -0.25) is 4.79 Å². The normalized spacial score (nSPS) is 9.13. The number of ether oxygens (including phenoxy) is 2. The second-order valence-corrected chi connectivity index (χ2v) is 2.97. The third kappa shape index (κ3) is 4.55. The van der Waals surface area contributed by atoms with E-state index in [0.717, 1.165) is 5.56 Å². The lowest BCUT2D eigenvalue weighted by atomic mass is 10.1. The van der Waals surface area contributed by atoms with Crippen LogP contribution >= 0.6 is 12.5 Å². The van der Waals surface area contributed by atoms with E-state index >= 15 is 0 Å². The summed E-state index contributed by atoms with van der Waals surface area (Å²) in [5.41, 5.74) is 0.827. The Morgan fingerprint density at radius 1 is 1.27 bits per heavy atom. The molecule has 0 saturated carbocycles. The third-order valence-corrected chi connectivity index (χ3v) is 1.78. The zero-order chi connectivity index (χ0) is 11.1. The number of rotatable bonds is 3. The minimum Gasteiger partial charge on any atom is -0.429 e. The lowest BCUT2D eigenvalue weighted by Gasteiger charge is -2.03. The van der Waals surface area contributed by atoms with E-state index in [4.69, 9.17) is 0 Å². The van der Waals surface area contributed by atoms with Gasteiger partial charge in [0.25, 0.3) is 5.87 Å². The van der Waals surface area contributed by atoms with Gasteiger partial charge in [-0.15, -0.1) is 0 Å². The summed E-state index contributed by atoms with van der Waals surface area (Å²) in [4.78, 5) is 21.5. The fraction of sp³-hybridized carbons (Fsp3) is 0.111. The Morgan fingerprint density at radius 3 is 2.53 bits per heavy atom. The smallest absolute Gasteiger partial charge is 0.429 e. The second-order valence-electron chi connectivity index (χ2n) is 2.66. The molecule has 15 heavy (non-hydrogen) atoms. The molecular weight excluding hydrogens is 215 g/mol. The largest absolute Gasteiger partial charge is 0.515 e. The predicted molar refractivity (Wildman–Crippen MR) is 59.2 cm³/mol. The molecule has 0 fully saturated rings. The average Bonchev–Trinajstić information content (AvgIpc) is 2.27. The summed E-state index contributed by atoms with van der Waals surface area (Å²) in [6.45, 7) is -0.0695. The Hall–Kier alpha value is -1.43. The monoisotopic (exact) mass is 224 g/mol. The summed E-state index contributed by atoms with van der Waals surface area (Å²) in [7, 11) is 0. The predicted octanol–water partition coefficient (Wildman–Crippen LogP) is 1.74. The van der Waals surface area contributed by atoms with Crippen LogP contribution in [0.3, 0.4) is 0 Å². The Labute approximate surface area is 93.1 Å². The second kappa shape index (κ2) is 6.13. The molecule has 0 heterocycles. The Bertz CT molecular complexity index is 341. The van der Waals surface area contributed by atoms with Gasteiger partial charge in [-0.05, 0) is 5.56 Å². The maximum Gasteiger partial charge on any atom is 0.515 e. The van der Waals surface area contributed by atoms with Crippen molar-refractivity contribution >= 4 is 31.1 Å². The minimum absolute atomic E-state index is 0.0829. The molecule has 1 aromatic carbocycles. The summed E-state index contributed by atoms with van der Waals surface area (Å²) in [6.07, 6.45) is -1.00. The Kier molecular flexibility index (Phi) is 4.76. The van der Waals surface area contributed by atoms with Gasteiger partial charge < -0.3 is 9.47 Å². The van der Waals surface area contributed by atoms with Gasteiger partial charge in [0.2, 0.25) is 0 Å². The van der Waals surface area contributed by atoms with Gasteiger partial charge in [-0.2, -0.15) is 0 Å². The zero-order valence-electron chi connectivity index (χ0n) is 7.88. The molecule has 6 heteroatoms. The summed E-state index contributed by atoms with van der Waals surface area (Å²) in [6, 6.07) is 9.10. The van der Waals surface area contributed by atoms with E-state index in [2.05, 4.69) is 22.0 Å². The van der Waals surface area contributed by atoms with Crippen LogP contribution in [0.25, 0.3) is 0 Å². The van der Waals surface area contributed by atoms with Crippen molar-refractivity contribution in [1.29, 1.82) is 0 Å². The van der Waals surface area contributed by atoms with Gasteiger partial charge in [0, 0.05) is 0 Å². The minimum atomic E-state index is -1.00. The molecule has 0 radical (unpaired) electrons. The molecular formula is C9H9BO4S. The van der Waals surface area contributed by atoms with Crippen molar-refractivity contribution in [1.82, 2.24) is 0 Å². The molecule has 0 unspecified atom stereocenters. The van der Waals surface area contributed by atoms with Gasteiger partial charge in [0.1, 0.15) is 6.61 Å². The molecule has 78 valence electrons. The number of hydrogen-bond acceptors (Lipinski definition) is 5. The molecule has 0 spiro atoms. The van der Waals surface area contributed by atoms with Crippen molar-refractivity contribution in [3.8, 4) is 0 Å². The summed E-state index contributed by atoms with van der Waals surface area (Å²) in [5, 5.41) is 0. The van der Waals surface area contributed by atoms with E-state index < -0.39 is 12.0 Å². The molecule has 0 saturated heterocycles. The van der Waals surface area contributed by atoms with Crippen LogP contribution in [0.1, 0.15) is 5.56 Å². The van der Waals surface area contributed by atoms with Crippen LogP contribution in [0.2, 0.25) is 0 Å². The Morgan fingerprint density at radius 2 is 1.93 bits per heavy atom. The highest BCUT2D eigenvalue weighted by molar-refractivity contribution is 8.09. The maximum absolute atomic E-state index is 10.9. The van der Waals surface area contributed by atoms with Crippen LogP contribution < -0.4 is 0 Å². The molecule has 0 aromatic heterocycles. The van der Waals surface area contributed by atoms with Crippen LogP contribution in [0.4, 0.5) is 9.59 Å². The first-order chi connectivity index (χ1) is 7.22. The first kappa shape index (κ1) is 11.6. The summed E-state index contributed by atoms with van der Waals surface area (Å²) >= 11 is 3.65. The zero-order valence-corrected chi connectivity index (χ0v) is 8.78. The molecule has 0 bridgehead atoms. The van der Waals surface area contributed by atoms with Crippen LogP contribution in [0.5, 0.6) is 0 Å². The molecule has 0 aliphatic heterocycles. The van der Waals surface area contributed by atoms with Crippen molar-refractivity contribution < 1.29 is 19.1 Å². The molecule has 0 aliphatic carbocycles. The van der Waals surface area contributed by atoms with Gasteiger partial charge in [0.15, 0.2) is 0 Å². The maximum atomic E-state index is 10.9. The summed E-state index contributed by atoms with van der Waals surface area (Å²) in [5.74, 6) is -0.726. The van der Waals surface area contributed by atoms with Crippen molar-refractivity contribution in [2.75, 3.05) is 0 Å². The van der Waals surface area contributed by atoms with E-state index in [0.29, 0.717) is 0 Å². The molecule has 1 aromatic rings. The van der Waals surface area contributed by atoms with Gasteiger partial charge >= 0.3 is 12.7 Å². The third-order valence-electron chi connectivity index (χ3n) is 1.53.